The minimum absolute atomic E-state index is 0.0898. The number of hydrogen-bond donors (Lipinski definition) is 1. The molecule has 0 radical (unpaired) electrons. The summed E-state index contributed by atoms with van der Waals surface area (Å²) in [5, 5.41) is 12.2. The number of fused-ring (bicyclic) bond motifs is 1. The third kappa shape index (κ3) is 4.36. The number of urea groups is 1. The van der Waals surface area contributed by atoms with Crippen molar-refractivity contribution in [3.8, 4) is 5.82 Å². The zero-order chi connectivity index (χ0) is 21.2. The second-order valence-electron chi connectivity index (χ2n) is 8.01. The van der Waals surface area contributed by atoms with Crippen molar-refractivity contribution in [3.63, 3.8) is 0 Å². The first-order chi connectivity index (χ1) is 15.2. The molecule has 0 saturated carbocycles. The number of thiazole rings is 1. The maximum absolute atomic E-state index is 12.7. The van der Waals surface area contributed by atoms with E-state index in [0.29, 0.717) is 30.6 Å². The van der Waals surface area contributed by atoms with Gasteiger partial charge in [0.2, 0.25) is 0 Å². The molecule has 162 valence electrons. The highest BCUT2D eigenvalue weighted by Gasteiger charge is 2.25. The van der Waals surface area contributed by atoms with Gasteiger partial charge in [-0.1, -0.05) is 0 Å². The summed E-state index contributed by atoms with van der Waals surface area (Å²) in [7, 11) is 0. The van der Waals surface area contributed by atoms with Gasteiger partial charge >= 0.3 is 6.03 Å². The molecule has 0 bridgehead atoms. The van der Waals surface area contributed by atoms with E-state index in [2.05, 4.69) is 25.5 Å². The van der Waals surface area contributed by atoms with E-state index in [9.17, 15) is 9.59 Å². The lowest BCUT2D eigenvalue weighted by Crippen LogP contribution is -2.42. The van der Waals surface area contributed by atoms with Crippen LogP contribution < -0.4 is 10.9 Å². The first-order valence-electron chi connectivity index (χ1n) is 10.6. The third-order valence-electron chi connectivity index (χ3n) is 5.90. The fourth-order valence-electron chi connectivity index (χ4n) is 4.16. The fraction of sp³-hybridized carbons (Fsp3) is 0.500. The molecule has 1 fully saturated rings. The Morgan fingerprint density at radius 1 is 1.19 bits per heavy atom. The molecule has 0 aromatic carbocycles. The maximum Gasteiger partial charge on any atom is 0.323 e. The van der Waals surface area contributed by atoms with Crippen LogP contribution in [0.1, 0.15) is 36.3 Å². The van der Waals surface area contributed by atoms with Crippen molar-refractivity contribution in [2.45, 2.75) is 45.1 Å². The normalized spacial score (nSPS) is 16.8. The van der Waals surface area contributed by atoms with Crippen LogP contribution in [0.15, 0.2) is 29.6 Å². The molecule has 31 heavy (non-hydrogen) atoms. The summed E-state index contributed by atoms with van der Waals surface area (Å²) in [5.74, 6) is 0.840. The highest BCUT2D eigenvalue weighted by atomic mass is 32.1. The Labute approximate surface area is 182 Å². The molecule has 4 heterocycles. The highest BCUT2D eigenvalue weighted by molar-refractivity contribution is 7.15. The van der Waals surface area contributed by atoms with Gasteiger partial charge < -0.3 is 4.90 Å². The first-order valence-corrected chi connectivity index (χ1v) is 11.4. The monoisotopic (exact) mass is 440 g/mol. The van der Waals surface area contributed by atoms with Crippen molar-refractivity contribution in [3.05, 3.63) is 45.7 Å². The lowest BCUT2D eigenvalue weighted by molar-refractivity contribution is 0.174. The van der Waals surface area contributed by atoms with Gasteiger partial charge in [0, 0.05) is 30.6 Å². The summed E-state index contributed by atoms with van der Waals surface area (Å²) in [6.45, 7) is 1.83. The average Bonchev–Trinajstić information content (AvgIpc) is 3.45. The number of carbonyl (C=O) groups excluding carboxylic acids is 1. The van der Waals surface area contributed by atoms with Crippen molar-refractivity contribution in [2.75, 3.05) is 18.4 Å². The van der Waals surface area contributed by atoms with Gasteiger partial charge in [0.15, 0.2) is 10.9 Å². The lowest BCUT2D eigenvalue weighted by Gasteiger charge is -2.31. The Kier molecular flexibility index (Phi) is 5.49. The number of rotatable bonds is 4. The molecule has 1 saturated heterocycles. The smallest absolute Gasteiger partial charge is 0.323 e. The van der Waals surface area contributed by atoms with Crippen LogP contribution in [0.3, 0.4) is 0 Å². The van der Waals surface area contributed by atoms with E-state index in [1.54, 1.807) is 23.7 Å². The molecule has 10 nitrogen and oxygen atoms in total. The molecule has 11 heteroatoms. The molecule has 1 N–H and O–H groups in total. The van der Waals surface area contributed by atoms with E-state index < -0.39 is 0 Å². The SMILES string of the molecule is O=C(Nc1nc2c(s1)CCCC2)N1CCC(Cn2nc(-n3cncn3)ccc2=O)CC1. The summed E-state index contributed by atoms with van der Waals surface area (Å²) < 4.78 is 3.01. The van der Waals surface area contributed by atoms with Gasteiger partial charge in [0.1, 0.15) is 12.7 Å². The van der Waals surface area contributed by atoms with Gasteiger partial charge in [0.05, 0.1) is 5.69 Å². The summed E-state index contributed by atoms with van der Waals surface area (Å²) in [6, 6.07) is 3.05. The zero-order valence-electron chi connectivity index (χ0n) is 17.1. The van der Waals surface area contributed by atoms with E-state index in [0.717, 1.165) is 31.4 Å². The van der Waals surface area contributed by atoms with Crippen molar-refractivity contribution in [1.82, 2.24) is 34.4 Å². The molecule has 0 unspecified atom stereocenters. The molecule has 1 aliphatic carbocycles. The minimum Gasteiger partial charge on any atom is -0.324 e. The number of amides is 2. The van der Waals surface area contributed by atoms with E-state index in [-0.39, 0.29) is 17.5 Å². The quantitative estimate of drug-likeness (QED) is 0.665. The van der Waals surface area contributed by atoms with Crippen molar-refractivity contribution in [2.24, 2.45) is 5.92 Å². The largest absolute Gasteiger partial charge is 0.324 e. The number of hydrogen-bond acceptors (Lipinski definition) is 7. The van der Waals surface area contributed by atoms with Gasteiger partial charge in [-0.15, -0.1) is 16.4 Å². The van der Waals surface area contributed by atoms with Crippen molar-refractivity contribution in [1.29, 1.82) is 0 Å². The van der Waals surface area contributed by atoms with Crippen LogP contribution in [-0.4, -0.2) is 53.5 Å². The van der Waals surface area contributed by atoms with Gasteiger partial charge in [0.25, 0.3) is 5.56 Å². The van der Waals surface area contributed by atoms with Gasteiger partial charge in [-0.05, 0) is 50.5 Å². The number of nitrogens with zero attached hydrogens (tertiary/aromatic N) is 7. The maximum atomic E-state index is 12.7. The second kappa shape index (κ2) is 8.58. The van der Waals surface area contributed by atoms with Crippen LogP contribution in [0.5, 0.6) is 0 Å². The first kappa shape index (κ1) is 19.9. The summed E-state index contributed by atoms with van der Waals surface area (Å²) >= 11 is 1.60. The Morgan fingerprint density at radius 3 is 2.81 bits per heavy atom. The standard InChI is InChI=1S/C20H24N8O2S/c29-18-6-5-17(28-13-21-12-22-28)25-27(18)11-14-7-9-26(10-8-14)20(30)24-19-23-15-3-1-2-4-16(15)31-19/h5-6,12-14H,1-4,7-11H2,(H,23,24,30). The van der Waals surface area contributed by atoms with Gasteiger partial charge in [-0.3, -0.25) is 10.1 Å². The number of anilines is 1. The predicted octanol–water partition coefficient (Wildman–Crippen LogP) is 2.10. The van der Waals surface area contributed by atoms with Crippen LogP contribution in [0.25, 0.3) is 5.82 Å². The molecule has 2 amide bonds. The lowest BCUT2D eigenvalue weighted by atomic mass is 9.97. The Bertz CT molecular complexity index is 1090. The molecule has 3 aromatic rings. The van der Waals surface area contributed by atoms with Gasteiger partial charge in [-0.25, -0.2) is 24.1 Å². The van der Waals surface area contributed by atoms with Crippen LogP contribution >= 0.6 is 11.3 Å². The molecule has 2 aliphatic rings. The number of piperidine rings is 1. The molecule has 0 spiro atoms. The van der Waals surface area contributed by atoms with Crippen LogP contribution in [0.4, 0.5) is 9.93 Å². The van der Waals surface area contributed by atoms with Crippen molar-refractivity contribution >= 4 is 22.5 Å². The summed E-state index contributed by atoms with van der Waals surface area (Å²) in [6.07, 6.45) is 9.09. The van der Waals surface area contributed by atoms with E-state index in [4.69, 9.17) is 0 Å². The highest BCUT2D eigenvalue weighted by Crippen LogP contribution is 2.30. The molecule has 1 aliphatic heterocycles. The predicted molar refractivity (Wildman–Crippen MR) is 115 cm³/mol. The summed E-state index contributed by atoms with van der Waals surface area (Å²) in [5.41, 5.74) is 1.01. The Hall–Kier alpha value is -3.08. The van der Waals surface area contributed by atoms with E-state index in [1.807, 2.05) is 4.90 Å². The third-order valence-corrected chi connectivity index (χ3v) is 6.97. The van der Waals surface area contributed by atoms with Crippen LogP contribution in [0.2, 0.25) is 0 Å². The minimum atomic E-state index is -0.142. The van der Waals surface area contributed by atoms with E-state index >= 15 is 0 Å². The second-order valence-corrected chi connectivity index (χ2v) is 9.09. The van der Waals surface area contributed by atoms with Crippen LogP contribution in [-0.2, 0) is 19.4 Å². The number of carbonyl (C=O) groups is 1. The Balaban J connectivity index is 1.17. The molecule has 0 atom stereocenters. The molecular formula is C20H24N8O2S. The van der Waals surface area contributed by atoms with Gasteiger partial charge in [-0.2, -0.15) is 5.10 Å². The molecular weight excluding hydrogens is 416 g/mol. The van der Waals surface area contributed by atoms with E-state index in [1.165, 1.54) is 39.5 Å². The topological polar surface area (TPSA) is 111 Å². The molecule has 5 rings (SSSR count). The number of nitrogens with one attached hydrogen (secondary N) is 1. The fourth-order valence-corrected chi connectivity index (χ4v) is 5.20. The molecule has 3 aromatic heterocycles. The van der Waals surface area contributed by atoms with Crippen LogP contribution in [0, 0.1) is 5.92 Å². The zero-order valence-corrected chi connectivity index (χ0v) is 17.9. The summed E-state index contributed by atoms with van der Waals surface area (Å²) in [4.78, 5) is 36.6. The Morgan fingerprint density at radius 2 is 2.03 bits per heavy atom. The number of likely N-dealkylation sites (tertiary alicyclic amines) is 1. The number of aromatic nitrogens is 6. The average molecular weight is 441 g/mol. The van der Waals surface area contributed by atoms with Crippen molar-refractivity contribution < 1.29 is 4.79 Å². The number of aryl methyl sites for hydroxylation is 2.